The van der Waals surface area contributed by atoms with E-state index in [4.69, 9.17) is 16.1 Å². The fraction of sp³-hybridized carbons (Fsp3) is 0.111. The fourth-order valence-electron chi connectivity index (χ4n) is 1.04. The normalized spacial score (nSPS) is 9.50. The summed E-state index contributed by atoms with van der Waals surface area (Å²) in [6.07, 6.45) is 0. The summed E-state index contributed by atoms with van der Waals surface area (Å²) in [5.41, 5.74) is 6.34. The number of carboxylic acids is 1. The Morgan fingerprint density at radius 1 is 1.64 bits per heavy atom. The van der Waals surface area contributed by atoms with Crippen molar-refractivity contribution in [1.29, 1.82) is 5.26 Å². The molecule has 0 aliphatic carbocycles. The molecule has 0 aliphatic heterocycles. The van der Waals surface area contributed by atoms with E-state index in [1.165, 1.54) is 6.07 Å². The van der Waals surface area contributed by atoms with Gasteiger partial charge in [0, 0.05) is 11.0 Å². The summed E-state index contributed by atoms with van der Waals surface area (Å²) in [7, 11) is 0. The highest BCUT2D eigenvalue weighted by atomic mass is 79.9. The topological polar surface area (TPSA) is 87.1 Å². The van der Waals surface area contributed by atoms with Crippen molar-refractivity contribution in [2.24, 2.45) is 5.73 Å². The molecule has 0 fully saturated rings. The van der Waals surface area contributed by atoms with Crippen molar-refractivity contribution in [1.82, 2.24) is 0 Å². The van der Waals surface area contributed by atoms with Crippen molar-refractivity contribution >= 4 is 21.9 Å². The van der Waals surface area contributed by atoms with Gasteiger partial charge in [-0.25, -0.2) is 4.79 Å². The summed E-state index contributed by atoms with van der Waals surface area (Å²) in [6, 6.07) is 4.92. The number of carboxylic acid groups (broad SMARTS) is 1. The van der Waals surface area contributed by atoms with E-state index in [0.717, 1.165) is 0 Å². The van der Waals surface area contributed by atoms with Gasteiger partial charge in [0.15, 0.2) is 0 Å². The molecule has 1 aromatic carbocycles. The largest absolute Gasteiger partial charge is 0.478 e. The van der Waals surface area contributed by atoms with E-state index in [2.05, 4.69) is 15.9 Å². The standard InChI is InChI=1S/C9H7BrN2O2/c10-8-6(4-12)1-5(3-11)2-7(8)9(13)14/h1-2H,3,11H2,(H,13,14). The Hall–Kier alpha value is -1.38. The Labute approximate surface area is 89.1 Å². The first-order chi connectivity index (χ1) is 6.60. The van der Waals surface area contributed by atoms with Gasteiger partial charge in [-0.1, -0.05) is 0 Å². The first-order valence-corrected chi connectivity index (χ1v) is 4.55. The molecule has 0 saturated carbocycles. The first kappa shape index (κ1) is 10.7. The Morgan fingerprint density at radius 3 is 2.71 bits per heavy atom. The SMILES string of the molecule is N#Cc1cc(CN)cc(C(=O)O)c1Br. The van der Waals surface area contributed by atoms with Crippen LogP contribution in [0.5, 0.6) is 0 Å². The summed E-state index contributed by atoms with van der Waals surface area (Å²) in [6.45, 7) is 0.211. The van der Waals surface area contributed by atoms with E-state index in [-0.39, 0.29) is 17.7 Å². The monoisotopic (exact) mass is 254 g/mol. The quantitative estimate of drug-likeness (QED) is 0.837. The van der Waals surface area contributed by atoms with Crippen LogP contribution in [0.15, 0.2) is 16.6 Å². The van der Waals surface area contributed by atoms with Crippen LogP contribution in [0.4, 0.5) is 0 Å². The Morgan fingerprint density at radius 2 is 2.29 bits per heavy atom. The highest BCUT2D eigenvalue weighted by molar-refractivity contribution is 9.10. The fourth-order valence-corrected chi connectivity index (χ4v) is 1.53. The highest BCUT2D eigenvalue weighted by Gasteiger charge is 2.13. The zero-order valence-corrected chi connectivity index (χ0v) is 8.71. The van der Waals surface area contributed by atoms with Gasteiger partial charge in [-0.3, -0.25) is 0 Å². The second-order valence-corrected chi connectivity index (χ2v) is 3.42. The molecule has 0 bridgehead atoms. The molecule has 1 rings (SSSR count). The minimum absolute atomic E-state index is 0.0597. The van der Waals surface area contributed by atoms with Gasteiger partial charge >= 0.3 is 5.97 Å². The number of halogens is 1. The molecule has 0 heterocycles. The second kappa shape index (κ2) is 4.22. The van der Waals surface area contributed by atoms with Crippen molar-refractivity contribution < 1.29 is 9.90 Å². The summed E-state index contributed by atoms with van der Waals surface area (Å²) in [5, 5.41) is 17.6. The van der Waals surface area contributed by atoms with E-state index in [1.807, 2.05) is 6.07 Å². The summed E-state index contributed by atoms with van der Waals surface area (Å²) < 4.78 is 0.296. The maximum Gasteiger partial charge on any atom is 0.336 e. The Kier molecular flexibility index (Phi) is 3.23. The third kappa shape index (κ3) is 1.92. The Balaban J connectivity index is 3.44. The lowest BCUT2D eigenvalue weighted by Gasteiger charge is -2.04. The van der Waals surface area contributed by atoms with Gasteiger partial charge in [0.1, 0.15) is 6.07 Å². The smallest absolute Gasteiger partial charge is 0.336 e. The number of benzene rings is 1. The number of nitriles is 1. The van der Waals surface area contributed by atoms with Gasteiger partial charge in [-0.05, 0) is 33.6 Å². The molecule has 0 aromatic heterocycles. The molecule has 0 atom stereocenters. The van der Waals surface area contributed by atoms with Gasteiger partial charge in [-0.15, -0.1) is 0 Å². The van der Waals surface area contributed by atoms with Crippen molar-refractivity contribution in [3.05, 3.63) is 33.3 Å². The highest BCUT2D eigenvalue weighted by Crippen LogP contribution is 2.23. The van der Waals surface area contributed by atoms with Crippen LogP contribution in [-0.4, -0.2) is 11.1 Å². The Bertz CT molecular complexity index is 424. The van der Waals surface area contributed by atoms with E-state index in [0.29, 0.717) is 10.0 Å². The average Bonchev–Trinajstić information content (AvgIpc) is 2.17. The lowest BCUT2D eigenvalue weighted by Crippen LogP contribution is -2.04. The zero-order chi connectivity index (χ0) is 10.7. The molecule has 0 unspecified atom stereocenters. The number of rotatable bonds is 2. The molecule has 14 heavy (non-hydrogen) atoms. The van der Waals surface area contributed by atoms with Gasteiger partial charge in [0.25, 0.3) is 0 Å². The lowest BCUT2D eigenvalue weighted by atomic mass is 10.1. The molecule has 0 radical (unpaired) electrons. The van der Waals surface area contributed by atoms with Crippen molar-refractivity contribution in [3.8, 4) is 6.07 Å². The van der Waals surface area contributed by atoms with Crippen LogP contribution in [0.3, 0.4) is 0 Å². The summed E-state index contributed by atoms with van der Waals surface area (Å²) in [4.78, 5) is 10.8. The van der Waals surface area contributed by atoms with E-state index < -0.39 is 5.97 Å². The lowest BCUT2D eigenvalue weighted by molar-refractivity contribution is 0.0695. The third-order valence-corrected chi connectivity index (χ3v) is 2.57. The van der Waals surface area contributed by atoms with E-state index in [9.17, 15) is 4.79 Å². The number of nitrogens with zero attached hydrogens (tertiary/aromatic N) is 1. The maximum atomic E-state index is 10.8. The van der Waals surface area contributed by atoms with Crippen LogP contribution in [-0.2, 0) is 6.54 Å². The van der Waals surface area contributed by atoms with Crippen LogP contribution < -0.4 is 5.73 Å². The third-order valence-electron chi connectivity index (χ3n) is 1.72. The number of aromatic carboxylic acids is 1. The van der Waals surface area contributed by atoms with Gasteiger partial charge in [0.2, 0.25) is 0 Å². The molecule has 5 heteroatoms. The molecule has 0 saturated heterocycles. The molecule has 0 aliphatic rings. The van der Waals surface area contributed by atoms with Crippen LogP contribution in [0.2, 0.25) is 0 Å². The van der Waals surface area contributed by atoms with Crippen LogP contribution in [0.1, 0.15) is 21.5 Å². The van der Waals surface area contributed by atoms with Gasteiger partial charge in [0.05, 0.1) is 11.1 Å². The molecule has 4 nitrogen and oxygen atoms in total. The molecular weight excluding hydrogens is 248 g/mol. The first-order valence-electron chi connectivity index (χ1n) is 3.76. The predicted molar refractivity (Wildman–Crippen MR) is 53.7 cm³/mol. The van der Waals surface area contributed by atoms with E-state index in [1.54, 1.807) is 6.07 Å². The molecule has 0 spiro atoms. The minimum Gasteiger partial charge on any atom is -0.478 e. The van der Waals surface area contributed by atoms with Gasteiger partial charge in [-0.2, -0.15) is 5.26 Å². The molecular formula is C9H7BrN2O2. The number of hydrogen-bond donors (Lipinski definition) is 2. The summed E-state index contributed by atoms with van der Waals surface area (Å²) in [5.74, 6) is -1.08. The van der Waals surface area contributed by atoms with Gasteiger partial charge < -0.3 is 10.8 Å². The number of hydrogen-bond acceptors (Lipinski definition) is 3. The molecule has 1 aromatic rings. The van der Waals surface area contributed by atoms with Crippen molar-refractivity contribution in [3.63, 3.8) is 0 Å². The van der Waals surface area contributed by atoms with Crippen molar-refractivity contribution in [2.75, 3.05) is 0 Å². The summed E-state index contributed by atoms with van der Waals surface area (Å²) >= 11 is 3.06. The average molecular weight is 255 g/mol. The zero-order valence-electron chi connectivity index (χ0n) is 7.12. The molecule has 72 valence electrons. The van der Waals surface area contributed by atoms with Crippen LogP contribution in [0.25, 0.3) is 0 Å². The van der Waals surface area contributed by atoms with E-state index >= 15 is 0 Å². The predicted octanol–water partition coefficient (Wildman–Crippen LogP) is 1.48. The van der Waals surface area contributed by atoms with Crippen LogP contribution >= 0.6 is 15.9 Å². The maximum absolute atomic E-state index is 10.8. The number of carbonyl (C=O) groups is 1. The van der Waals surface area contributed by atoms with Crippen molar-refractivity contribution in [2.45, 2.75) is 6.54 Å². The minimum atomic E-state index is -1.08. The molecule has 0 amide bonds. The molecule has 3 N–H and O–H groups in total. The van der Waals surface area contributed by atoms with Crippen LogP contribution in [0, 0.1) is 11.3 Å². The second-order valence-electron chi connectivity index (χ2n) is 2.63. The number of nitrogens with two attached hydrogens (primary N) is 1.